The molecule has 1 aliphatic heterocycles. The van der Waals surface area contributed by atoms with E-state index in [1.165, 1.54) is 0 Å². The van der Waals surface area contributed by atoms with Crippen molar-refractivity contribution in [1.29, 1.82) is 0 Å². The second-order valence-electron chi connectivity index (χ2n) is 8.31. The lowest BCUT2D eigenvalue weighted by atomic mass is 9.86. The monoisotopic (exact) mass is 411 g/mol. The van der Waals surface area contributed by atoms with Crippen LogP contribution in [-0.2, 0) is 15.0 Å². The van der Waals surface area contributed by atoms with Crippen molar-refractivity contribution in [3.05, 3.63) is 29.8 Å². The van der Waals surface area contributed by atoms with Gasteiger partial charge in [0, 0.05) is 24.8 Å². The Hall–Kier alpha value is -1.63. The topological polar surface area (TPSA) is 72.9 Å². The number of likely N-dealkylation sites (tertiary alicyclic amines) is 1. The van der Waals surface area contributed by atoms with E-state index < -0.39 is 5.97 Å². The minimum absolute atomic E-state index is 0. The molecule has 1 aromatic rings. The molecule has 1 heterocycles. The largest absolute Gasteiger partial charge is 0.480 e. The highest BCUT2D eigenvalue weighted by Gasteiger charge is 2.26. The van der Waals surface area contributed by atoms with E-state index in [4.69, 9.17) is 5.11 Å². The average molecular weight is 412 g/mol. The Morgan fingerprint density at radius 2 is 1.82 bits per heavy atom. The number of amides is 1. The number of benzene rings is 1. The SMILES string of the molecule is CCN(CC(=O)O)C1CCN(CC(=O)Nc2ccccc2C(C)(C)C)CC1.Cl. The van der Waals surface area contributed by atoms with Crippen molar-refractivity contribution in [1.82, 2.24) is 9.80 Å². The Morgan fingerprint density at radius 3 is 2.36 bits per heavy atom. The lowest BCUT2D eigenvalue weighted by Crippen LogP contribution is -2.48. The zero-order valence-corrected chi connectivity index (χ0v) is 18.2. The fourth-order valence-corrected chi connectivity index (χ4v) is 3.75. The summed E-state index contributed by atoms with van der Waals surface area (Å²) in [5.74, 6) is -0.779. The molecule has 0 aromatic heterocycles. The summed E-state index contributed by atoms with van der Waals surface area (Å²) in [6.45, 7) is 11.2. The van der Waals surface area contributed by atoms with Crippen LogP contribution in [0.1, 0.15) is 46.1 Å². The zero-order chi connectivity index (χ0) is 20.0. The molecule has 7 heteroatoms. The molecule has 0 radical (unpaired) electrons. The normalized spacial score (nSPS) is 15.9. The lowest BCUT2D eigenvalue weighted by molar-refractivity contribution is -0.139. The van der Waals surface area contributed by atoms with Crippen LogP contribution in [0.25, 0.3) is 0 Å². The first-order chi connectivity index (χ1) is 12.7. The first-order valence-electron chi connectivity index (χ1n) is 9.78. The van der Waals surface area contributed by atoms with E-state index in [2.05, 4.69) is 37.1 Å². The lowest BCUT2D eigenvalue weighted by Gasteiger charge is -2.37. The first kappa shape index (κ1) is 24.4. The summed E-state index contributed by atoms with van der Waals surface area (Å²) in [7, 11) is 0. The molecular weight excluding hydrogens is 378 g/mol. The predicted octanol–water partition coefficient (Wildman–Crippen LogP) is 3.22. The molecule has 0 unspecified atom stereocenters. The van der Waals surface area contributed by atoms with Crippen LogP contribution in [0.4, 0.5) is 5.69 Å². The number of hydrogen-bond acceptors (Lipinski definition) is 4. The van der Waals surface area contributed by atoms with Gasteiger partial charge in [0.05, 0.1) is 13.1 Å². The van der Waals surface area contributed by atoms with Crippen molar-refractivity contribution in [3.8, 4) is 0 Å². The third kappa shape index (κ3) is 7.08. The maximum absolute atomic E-state index is 12.5. The number of carbonyl (C=O) groups is 2. The molecule has 0 bridgehead atoms. The Morgan fingerprint density at radius 1 is 1.21 bits per heavy atom. The molecular formula is C21H34ClN3O3. The van der Waals surface area contributed by atoms with Crippen molar-refractivity contribution in [2.45, 2.75) is 52.0 Å². The number of nitrogens with one attached hydrogen (secondary N) is 1. The van der Waals surface area contributed by atoms with Gasteiger partial charge in [-0.3, -0.25) is 19.4 Å². The number of halogens is 1. The fraction of sp³-hybridized carbons (Fsp3) is 0.619. The van der Waals surface area contributed by atoms with Gasteiger partial charge in [0.25, 0.3) is 0 Å². The highest BCUT2D eigenvalue weighted by molar-refractivity contribution is 5.93. The minimum atomic E-state index is -0.781. The van der Waals surface area contributed by atoms with Gasteiger partial charge in [0.15, 0.2) is 0 Å². The zero-order valence-electron chi connectivity index (χ0n) is 17.4. The van der Waals surface area contributed by atoms with Crippen molar-refractivity contribution in [2.75, 3.05) is 38.0 Å². The van der Waals surface area contributed by atoms with Crippen LogP contribution >= 0.6 is 12.4 Å². The van der Waals surface area contributed by atoms with E-state index in [0.29, 0.717) is 6.54 Å². The molecule has 2 rings (SSSR count). The second-order valence-corrected chi connectivity index (χ2v) is 8.31. The molecule has 0 atom stereocenters. The Kier molecular flexibility index (Phi) is 9.40. The van der Waals surface area contributed by atoms with Gasteiger partial charge in [-0.1, -0.05) is 45.9 Å². The van der Waals surface area contributed by atoms with Gasteiger partial charge >= 0.3 is 5.97 Å². The number of anilines is 1. The number of piperidine rings is 1. The highest BCUT2D eigenvalue weighted by Crippen LogP contribution is 2.29. The summed E-state index contributed by atoms with van der Waals surface area (Å²) in [6.07, 6.45) is 1.79. The van der Waals surface area contributed by atoms with Crippen molar-refractivity contribution < 1.29 is 14.7 Å². The Labute approximate surface area is 174 Å². The summed E-state index contributed by atoms with van der Waals surface area (Å²) < 4.78 is 0. The van der Waals surface area contributed by atoms with Gasteiger partial charge in [-0.25, -0.2) is 0 Å². The quantitative estimate of drug-likeness (QED) is 0.720. The smallest absolute Gasteiger partial charge is 0.317 e. The van der Waals surface area contributed by atoms with Gasteiger partial charge in [0.1, 0.15) is 0 Å². The van der Waals surface area contributed by atoms with E-state index in [0.717, 1.165) is 43.7 Å². The molecule has 1 fully saturated rings. The van der Waals surface area contributed by atoms with Gasteiger partial charge in [-0.15, -0.1) is 12.4 Å². The fourth-order valence-electron chi connectivity index (χ4n) is 3.75. The summed E-state index contributed by atoms with van der Waals surface area (Å²) in [5.41, 5.74) is 1.98. The number of rotatable bonds is 7. The van der Waals surface area contributed by atoms with Crippen LogP contribution in [-0.4, -0.2) is 65.5 Å². The van der Waals surface area contributed by atoms with E-state index in [1.807, 2.05) is 30.0 Å². The van der Waals surface area contributed by atoms with Crippen molar-refractivity contribution in [2.24, 2.45) is 0 Å². The molecule has 158 valence electrons. The third-order valence-electron chi connectivity index (χ3n) is 5.19. The molecule has 1 aromatic carbocycles. The summed E-state index contributed by atoms with van der Waals surface area (Å²) >= 11 is 0. The molecule has 0 aliphatic carbocycles. The Balaban J connectivity index is 0.00000392. The summed E-state index contributed by atoms with van der Waals surface area (Å²) in [4.78, 5) is 27.7. The number of carboxylic acids is 1. The number of hydrogen-bond donors (Lipinski definition) is 2. The Bertz CT molecular complexity index is 653. The summed E-state index contributed by atoms with van der Waals surface area (Å²) in [5, 5.41) is 12.1. The number of carbonyl (C=O) groups excluding carboxylic acids is 1. The standard InChI is InChI=1S/C21H33N3O3.ClH/c1-5-24(15-20(26)27)16-10-12-23(13-11-16)14-19(25)22-18-9-7-6-8-17(18)21(2,3)4;/h6-9,16H,5,10-15H2,1-4H3,(H,22,25)(H,26,27);1H. The van der Waals surface area contributed by atoms with E-state index >= 15 is 0 Å². The van der Waals surface area contributed by atoms with E-state index in [-0.39, 0.29) is 36.3 Å². The van der Waals surface area contributed by atoms with E-state index in [9.17, 15) is 9.59 Å². The van der Waals surface area contributed by atoms with Crippen LogP contribution in [0.15, 0.2) is 24.3 Å². The number of nitrogens with zero attached hydrogens (tertiary/aromatic N) is 2. The molecule has 28 heavy (non-hydrogen) atoms. The van der Waals surface area contributed by atoms with E-state index in [1.54, 1.807) is 0 Å². The second kappa shape index (κ2) is 10.8. The molecule has 2 N–H and O–H groups in total. The predicted molar refractivity (Wildman–Crippen MR) is 115 cm³/mol. The van der Waals surface area contributed by atoms with Gasteiger partial charge in [-0.2, -0.15) is 0 Å². The number of carboxylic acid groups (broad SMARTS) is 1. The van der Waals surface area contributed by atoms with Crippen LogP contribution in [0.5, 0.6) is 0 Å². The third-order valence-corrected chi connectivity index (χ3v) is 5.19. The van der Waals surface area contributed by atoms with Gasteiger partial charge in [-0.05, 0) is 36.4 Å². The van der Waals surface area contributed by atoms with Crippen LogP contribution in [0.2, 0.25) is 0 Å². The number of likely N-dealkylation sites (N-methyl/N-ethyl adjacent to an activating group) is 1. The van der Waals surface area contributed by atoms with Crippen LogP contribution in [0, 0.1) is 0 Å². The maximum Gasteiger partial charge on any atom is 0.317 e. The molecule has 0 saturated carbocycles. The first-order valence-corrected chi connectivity index (χ1v) is 9.78. The van der Waals surface area contributed by atoms with Gasteiger partial charge in [0.2, 0.25) is 5.91 Å². The molecule has 1 amide bonds. The van der Waals surface area contributed by atoms with Crippen LogP contribution in [0.3, 0.4) is 0 Å². The maximum atomic E-state index is 12.5. The molecule has 6 nitrogen and oxygen atoms in total. The van der Waals surface area contributed by atoms with Crippen molar-refractivity contribution in [3.63, 3.8) is 0 Å². The van der Waals surface area contributed by atoms with Crippen molar-refractivity contribution >= 4 is 30.0 Å². The summed E-state index contributed by atoms with van der Waals surface area (Å²) in [6, 6.07) is 8.24. The molecule has 1 aliphatic rings. The average Bonchev–Trinajstić information content (AvgIpc) is 2.59. The number of aliphatic carboxylic acids is 1. The molecule has 0 spiro atoms. The van der Waals surface area contributed by atoms with Crippen LogP contribution < -0.4 is 5.32 Å². The minimum Gasteiger partial charge on any atom is -0.480 e. The van der Waals surface area contributed by atoms with Gasteiger partial charge < -0.3 is 10.4 Å². The highest BCUT2D eigenvalue weighted by atomic mass is 35.5. The number of para-hydroxylation sites is 1. The molecule has 1 saturated heterocycles.